The Bertz CT molecular complexity index is 439. The molecule has 2 rings (SSSR count). The van der Waals surface area contributed by atoms with Crippen LogP contribution in [-0.2, 0) is 0 Å². The van der Waals surface area contributed by atoms with Gasteiger partial charge in [0, 0.05) is 32.9 Å². The van der Waals surface area contributed by atoms with Crippen molar-refractivity contribution in [2.24, 2.45) is 5.92 Å². The second kappa shape index (κ2) is 9.07. The van der Waals surface area contributed by atoms with Crippen molar-refractivity contribution in [1.82, 2.24) is 15.6 Å². The molecular weight excluding hydrogens is 311 g/mol. The van der Waals surface area contributed by atoms with E-state index in [4.69, 9.17) is 0 Å². The number of halogens is 2. The Labute approximate surface area is 138 Å². The standard InChI is InChI=1S/C14H22N4O.2ClH/c1-10-6-7-15-9-12(10)17-14(19)11-4-5-13(16-8-11)18(2)3;;/h4-5,8,10,12,15H,6-7,9H2,1-3H3,(H,17,19);2*1H. The Balaban J connectivity index is 0.00000200. The van der Waals surface area contributed by atoms with Crippen LogP contribution in [0.4, 0.5) is 5.82 Å². The van der Waals surface area contributed by atoms with Gasteiger partial charge in [-0.2, -0.15) is 0 Å². The van der Waals surface area contributed by atoms with Crippen LogP contribution in [0, 0.1) is 5.92 Å². The number of hydrogen-bond acceptors (Lipinski definition) is 4. The number of piperidine rings is 1. The SMILES string of the molecule is CC1CCNCC1NC(=O)c1ccc(N(C)C)nc1.Cl.Cl. The monoisotopic (exact) mass is 334 g/mol. The molecule has 2 atom stereocenters. The van der Waals surface area contributed by atoms with Crippen LogP contribution in [0.3, 0.4) is 0 Å². The van der Waals surface area contributed by atoms with Gasteiger partial charge in [-0.25, -0.2) is 4.98 Å². The number of amides is 1. The van der Waals surface area contributed by atoms with E-state index < -0.39 is 0 Å². The van der Waals surface area contributed by atoms with E-state index in [2.05, 4.69) is 22.5 Å². The minimum absolute atomic E-state index is 0. The number of rotatable bonds is 3. The van der Waals surface area contributed by atoms with Gasteiger partial charge in [-0.1, -0.05) is 6.92 Å². The number of anilines is 1. The molecule has 1 saturated heterocycles. The number of nitrogens with zero attached hydrogens (tertiary/aromatic N) is 2. The lowest BCUT2D eigenvalue weighted by molar-refractivity contribution is 0.0915. The van der Waals surface area contributed by atoms with E-state index in [9.17, 15) is 4.79 Å². The van der Waals surface area contributed by atoms with Crippen molar-refractivity contribution >= 4 is 36.5 Å². The number of carbonyl (C=O) groups is 1. The molecule has 2 heterocycles. The summed E-state index contributed by atoms with van der Waals surface area (Å²) >= 11 is 0. The molecule has 0 bridgehead atoms. The quantitative estimate of drug-likeness (QED) is 0.883. The van der Waals surface area contributed by atoms with Crippen molar-refractivity contribution in [3.63, 3.8) is 0 Å². The average molecular weight is 335 g/mol. The van der Waals surface area contributed by atoms with Crippen LogP contribution >= 0.6 is 24.8 Å². The van der Waals surface area contributed by atoms with Crippen molar-refractivity contribution in [2.75, 3.05) is 32.1 Å². The third-order valence-corrected chi connectivity index (χ3v) is 3.61. The molecule has 21 heavy (non-hydrogen) atoms. The molecule has 0 aliphatic carbocycles. The van der Waals surface area contributed by atoms with E-state index in [-0.39, 0.29) is 36.8 Å². The summed E-state index contributed by atoms with van der Waals surface area (Å²) in [6.45, 7) is 4.06. The Morgan fingerprint density at radius 1 is 1.38 bits per heavy atom. The molecule has 1 aromatic rings. The summed E-state index contributed by atoms with van der Waals surface area (Å²) in [6, 6.07) is 3.88. The van der Waals surface area contributed by atoms with Gasteiger partial charge in [0.05, 0.1) is 5.56 Å². The molecule has 2 N–H and O–H groups in total. The number of hydrogen-bond donors (Lipinski definition) is 2. The van der Waals surface area contributed by atoms with Gasteiger partial charge in [0.1, 0.15) is 5.82 Å². The lowest BCUT2D eigenvalue weighted by Gasteiger charge is -2.30. The molecule has 0 aromatic carbocycles. The average Bonchev–Trinajstić information content (AvgIpc) is 2.41. The molecule has 1 amide bonds. The van der Waals surface area contributed by atoms with Crippen molar-refractivity contribution in [1.29, 1.82) is 0 Å². The Morgan fingerprint density at radius 3 is 2.62 bits per heavy atom. The Hall–Kier alpha value is -1.04. The molecule has 2 unspecified atom stereocenters. The van der Waals surface area contributed by atoms with Gasteiger partial charge in [-0.15, -0.1) is 24.8 Å². The van der Waals surface area contributed by atoms with Gasteiger partial charge in [0.2, 0.25) is 0 Å². The summed E-state index contributed by atoms with van der Waals surface area (Å²) in [5, 5.41) is 6.39. The van der Waals surface area contributed by atoms with E-state index in [0.717, 1.165) is 25.3 Å². The van der Waals surface area contributed by atoms with Crippen LogP contribution in [0.2, 0.25) is 0 Å². The van der Waals surface area contributed by atoms with Crippen LogP contribution in [0.25, 0.3) is 0 Å². The minimum atomic E-state index is -0.0432. The summed E-state index contributed by atoms with van der Waals surface area (Å²) in [7, 11) is 3.86. The molecule has 1 aliphatic rings. The van der Waals surface area contributed by atoms with Gasteiger partial charge in [0.25, 0.3) is 5.91 Å². The number of pyridine rings is 1. The molecule has 5 nitrogen and oxygen atoms in total. The zero-order chi connectivity index (χ0) is 13.8. The van der Waals surface area contributed by atoms with Crippen LogP contribution in [0.1, 0.15) is 23.7 Å². The first-order chi connectivity index (χ1) is 9.08. The van der Waals surface area contributed by atoms with Crippen LogP contribution in [-0.4, -0.2) is 44.1 Å². The maximum atomic E-state index is 12.1. The predicted molar refractivity (Wildman–Crippen MR) is 91.0 cm³/mol. The Morgan fingerprint density at radius 2 is 2.10 bits per heavy atom. The summed E-state index contributed by atoms with van der Waals surface area (Å²) in [6.07, 6.45) is 2.73. The molecule has 1 aromatic heterocycles. The molecule has 0 radical (unpaired) electrons. The lowest BCUT2D eigenvalue weighted by atomic mass is 9.94. The van der Waals surface area contributed by atoms with E-state index in [1.165, 1.54) is 0 Å². The first kappa shape index (κ1) is 20.0. The first-order valence-corrected chi connectivity index (χ1v) is 6.73. The first-order valence-electron chi connectivity index (χ1n) is 6.73. The molecule has 1 fully saturated rings. The van der Waals surface area contributed by atoms with E-state index >= 15 is 0 Å². The van der Waals surface area contributed by atoms with Crippen molar-refractivity contribution in [3.05, 3.63) is 23.9 Å². The minimum Gasteiger partial charge on any atom is -0.363 e. The zero-order valence-electron chi connectivity index (χ0n) is 12.6. The predicted octanol–water partition coefficient (Wildman–Crippen LogP) is 1.72. The van der Waals surface area contributed by atoms with Crippen LogP contribution in [0.15, 0.2) is 18.3 Å². The third-order valence-electron chi connectivity index (χ3n) is 3.61. The molecule has 0 spiro atoms. The summed E-state index contributed by atoms with van der Waals surface area (Å²) in [5.41, 5.74) is 0.614. The van der Waals surface area contributed by atoms with Gasteiger partial charge in [-0.3, -0.25) is 4.79 Å². The highest BCUT2D eigenvalue weighted by molar-refractivity contribution is 5.94. The molecular formula is C14H24Cl2N4O. The fourth-order valence-corrected chi connectivity index (χ4v) is 2.22. The van der Waals surface area contributed by atoms with Crippen molar-refractivity contribution in [3.8, 4) is 0 Å². The molecule has 1 aliphatic heterocycles. The second-order valence-corrected chi connectivity index (χ2v) is 5.35. The van der Waals surface area contributed by atoms with E-state index in [1.54, 1.807) is 6.20 Å². The van der Waals surface area contributed by atoms with Crippen molar-refractivity contribution in [2.45, 2.75) is 19.4 Å². The highest BCUT2D eigenvalue weighted by Crippen LogP contribution is 2.13. The van der Waals surface area contributed by atoms with Gasteiger partial charge in [0.15, 0.2) is 0 Å². The molecule has 0 saturated carbocycles. The molecule has 120 valence electrons. The van der Waals surface area contributed by atoms with Gasteiger partial charge < -0.3 is 15.5 Å². The highest BCUT2D eigenvalue weighted by Gasteiger charge is 2.23. The van der Waals surface area contributed by atoms with E-state index in [0.29, 0.717) is 11.5 Å². The lowest BCUT2D eigenvalue weighted by Crippen LogP contribution is -2.50. The second-order valence-electron chi connectivity index (χ2n) is 5.35. The normalized spacial score (nSPS) is 20.7. The summed E-state index contributed by atoms with van der Waals surface area (Å²) < 4.78 is 0. The fraction of sp³-hybridized carbons (Fsp3) is 0.571. The zero-order valence-corrected chi connectivity index (χ0v) is 14.3. The van der Waals surface area contributed by atoms with Crippen LogP contribution < -0.4 is 15.5 Å². The number of aromatic nitrogens is 1. The number of nitrogens with one attached hydrogen (secondary N) is 2. The third kappa shape index (κ3) is 5.34. The Kier molecular flexibility index (Phi) is 8.63. The largest absolute Gasteiger partial charge is 0.363 e. The summed E-state index contributed by atoms with van der Waals surface area (Å²) in [4.78, 5) is 18.3. The van der Waals surface area contributed by atoms with Crippen LogP contribution in [0.5, 0.6) is 0 Å². The smallest absolute Gasteiger partial charge is 0.253 e. The fourth-order valence-electron chi connectivity index (χ4n) is 2.22. The topological polar surface area (TPSA) is 57.3 Å². The highest BCUT2D eigenvalue weighted by atomic mass is 35.5. The van der Waals surface area contributed by atoms with Crippen molar-refractivity contribution < 1.29 is 4.79 Å². The van der Waals surface area contributed by atoms with Gasteiger partial charge >= 0.3 is 0 Å². The van der Waals surface area contributed by atoms with E-state index in [1.807, 2.05) is 31.1 Å². The summed E-state index contributed by atoms with van der Waals surface area (Å²) in [5.74, 6) is 1.32. The van der Waals surface area contributed by atoms with Gasteiger partial charge in [-0.05, 0) is 31.0 Å². The maximum absolute atomic E-state index is 12.1. The number of carbonyl (C=O) groups excluding carboxylic acids is 1. The molecule has 7 heteroatoms. The maximum Gasteiger partial charge on any atom is 0.253 e.